The smallest absolute Gasteiger partial charge is 0.437 e. The number of methoxy groups -OCH3 is 1. The molecule has 1 aliphatic heterocycles. The molecule has 43 heavy (non-hydrogen) atoms. The molecule has 0 aliphatic carbocycles. The van der Waals surface area contributed by atoms with E-state index < -0.39 is 23.4 Å². The maximum Gasteiger partial charge on any atom is 0.437 e. The molecular weight excluding hydrogens is 554 g/mol. The zero-order chi connectivity index (χ0) is 31.9. The van der Waals surface area contributed by atoms with Crippen LogP contribution in [0, 0.1) is 0 Å². The fourth-order valence-electron chi connectivity index (χ4n) is 4.06. The summed E-state index contributed by atoms with van der Waals surface area (Å²) in [5.74, 6) is 1.45. The van der Waals surface area contributed by atoms with Crippen LogP contribution in [0.2, 0.25) is 0 Å². The number of ether oxygens (including phenoxy) is 4. The van der Waals surface area contributed by atoms with Gasteiger partial charge in [-0.1, -0.05) is 24.3 Å². The highest BCUT2D eigenvalue weighted by molar-refractivity contribution is 5.99. The summed E-state index contributed by atoms with van der Waals surface area (Å²) in [5.41, 5.74) is 0.0486. The first-order chi connectivity index (χ1) is 20.0. The van der Waals surface area contributed by atoms with E-state index in [4.69, 9.17) is 18.9 Å². The van der Waals surface area contributed by atoms with Gasteiger partial charge in [0.05, 0.1) is 27.0 Å². The Labute approximate surface area is 253 Å². The van der Waals surface area contributed by atoms with Gasteiger partial charge in [-0.3, -0.25) is 0 Å². The number of rotatable bonds is 6. The van der Waals surface area contributed by atoms with Crippen molar-refractivity contribution in [2.24, 2.45) is 4.99 Å². The SMILES string of the molecule is COc1ccc(OCc2ccc(CN(C(=O)OC(C)(C)C)/C(=N\C(=O)OC(C)(C)C)N3CN(C)C(=O)N(C)C3)cc2)cc1. The van der Waals surface area contributed by atoms with Crippen LogP contribution in [0.25, 0.3) is 0 Å². The lowest BCUT2D eigenvalue weighted by Crippen LogP contribution is -2.60. The lowest BCUT2D eigenvalue weighted by atomic mass is 10.1. The van der Waals surface area contributed by atoms with Gasteiger partial charge in [-0.15, -0.1) is 4.99 Å². The summed E-state index contributed by atoms with van der Waals surface area (Å²) in [6.07, 6.45) is -1.58. The van der Waals surface area contributed by atoms with Gasteiger partial charge in [-0.05, 0) is 76.9 Å². The molecule has 234 valence electrons. The number of nitrogens with zero attached hydrogens (tertiary/aromatic N) is 5. The lowest BCUT2D eigenvalue weighted by Gasteiger charge is -2.42. The van der Waals surface area contributed by atoms with E-state index >= 15 is 0 Å². The molecule has 4 amide bonds. The van der Waals surface area contributed by atoms with Crippen LogP contribution < -0.4 is 9.47 Å². The highest BCUT2D eigenvalue weighted by atomic mass is 16.6. The Hall–Kier alpha value is -4.48. The van der Waals surface area contributed by atoms with Gasteiger partial charge in [0.25, 0.3) is 0 Å². The molecule has 0 unspecified atom stereocenters. The van der Waals surface area contributed by atoms with Gasteiger partial charge in [-0.2, -0.15) is 0 Å². The molecule has 0 saturated carbocycles. The van der Waals surface area contributed by atoms with Crippen molar-refractivity contribution in [3.63, 3.8) is 0 Å². The Kier molecular flexibility index (Phi) is 10.5. The van der Waals surface area contributed by atoms with Crippen LogP contribution in [0.3, 0.4) is 0 Å². The molecule has 0 radical (unpaired) electrons. The van der Waals surface area contributed by atoms with Crippen molar-refractivity contribution in [2.45, 2.75) is 65.9 Å². The second-order valence-corrected chi connectivity index (χ2v) is 12.2. The van der Waals surface area contributed by atoms with Crippen LogP contribution in [0.15, 0.2) is 53.5 Å². The predicted octanol–water partition coefficient (Wildman–Crippen LogP) is 5.52. The topological polar surface area (TPSA) is 113 Å². The largest absolute Gasteiger partial charge is 0.497 e. The van der Waals surface area contributed by atoms with Crippen molar-refractivity contribution in [1.82, 2.24) is 19.6 Å². The second-order valence-electron chi connectivity index (χ2n) is 12.2. The average molecular weight is 598 g/mol. The Bertz CT molecular complexity index is 1280. The number of amides is 4. The summed E-state index contributed by atoms with van der Waals surface area (Å²) in [6, 6.07) is 14.7. The predicted molar refractivity (Wildman–Crippen MR) is 162 cm³/mol. The van der Waals surface area contributed by atoms with E-state index in [1.807, 2.05) is 48.5 Å². The molecule has 0 spiro atoms. The zero-order valence-corrected chi connectivity index (χ0v) is 26.5. The fourth-order valence-corrected chi connectivity index (χ4v) is 4.06. The molecule has 2 aromatic carbocycles. The number of guanidine groups is 1. The molecule has 0 aromatic heterocycles. The summed E-state index contributed by atoms with van der Waals surface area (Å²) >= 11 is 0. The maximum atomic E-state index is 13.6. The second kappa shape index (κ2) is 13.7. The molecule has 12 nitrogen and oxygen atoms in total. The molecule has 0 bridgehead atoms. The standard InChI is InChI=1S/C31H43N5O7/c1-30(2,3)42-27(37)32-26(35-20-33(7)28(38)34(8)21-35)36(29(39)43-31(4,5)6)18-22-10-12-23(13-11-22)19-41-25-16-14-24(40-9)15-17-25/h10-17H,18-21H2,1-9H3/b32-26-. The van der Waals surface area contributed by atoms with E-state index in [-0.39, 0.29) is 31.9 Å². The molecule has 1 saturated heterocycles. The van der Waals surface area contributed by atoms with Crippen molar-refractivity contribution in [3.05, 3.63) is 59.7 Å². The quantitative estimate of drug-likeness (QED) is 0.316. The van der Waals surface area contributed by atoms with Gasteiger partial charge in [-0.25, -0.2) is 19.3 Å². The minimum absolute atomic E-state index is 0.00150. The molecule has 1 fully saturated rings. The monoisotopic (exact) mass is 597 g/mol. The Balaban J connectivity index is 1.91. The Morgan fingerprint density at radius 1 is 0.814 bits per heavy atom. The molecule has 1 aliphatic rings. The van der Waals surface area contributed by atoms with E-state index in [0.29, 0.717) is 12.4 Å². The van der Waals surface area contributed by atoms with Gasteiger partial charge < -0.3 is 33.6 Å². The van der Waals surface area contributed by atoms with Crippen LogP contribution in [0.4, 0.5) is 14.4 Å². The first-order valence-corrected chi connectivity index (χ1v) is 13.9. The summed E-state index contributed by atoms with van der Waals surface area (Å²) in [4.78, 5) is 49.1. The number of benzene rings is 2. The van der Waals surface area contributed by atoms with E-state index in [0.717, 1.165) is 16.9 Å². The van der Waals surface area contributed by atoms with Crippen LogP contribution >= 0.6 is 0 Å². The van der Waals surface area contributed by atoms with Gasteiger partial charge in [0.1, 0.15) is 29.3 Å². The first kappa shape index (κ1) is 33.0. The lowest BCUT2D eigenvalue weighted by molar-refractivity contribution is 0.0300. The van der Waals surface area contributed by atoms with E-state index in [2.05, 4.69) is 4.99 Å². The van der Waals surface area contributed by atoms with Crippen LogP contribution in [-0.2, 0) is 22.6 Å². The highest BCUT2D eigenvalue weighted by Crippen LogP contribution is 2.21. The van der Waals surface area contributed by atoms with Crippen molar-refractivity contribution < 1.29 is 33.3 Å². The van der Waals surface area contributed by atoms with Crippen molar-refractivity contribution in [1.29, 1.82) is 0 Å². The molecular formula is C31H43N5O7. The number of hydrogen-bond donors (Lipinski definition) is 0. The molecule has 3 rings (SSSR count). The molecule has 0 atom stereocenters. The average Bonchev–Trinajstić information content (AvgIpc) is 2.91. The number of aliphatic imine (C=N–C) groups is 1. The third-order valence-corrected chi connectivity index (χ3v) is 5.97. The van der Waals surface area contributed by atoms with E-state index in [1.54, 1.807) is 67.6 Å². The van der Waals surface area contributed by atoms with Crippen molar-refractivity contribution >= 4 is 24.2 Å². The maximum absolute atomic E-state index is 13.6. The fraction of sp³-hybridized carbons (Fsp3) is 0.484. The number of carbonyl (C=O) groups is 3. The normalized spacial score (nSPS) is 14.4. The van der Waals surface area contributed by atoms with E-state index in [9.17, 15) is 14.4 Å². The van der Waals surface area contributed by atoms with Gasteiger partial charge >= 0.3 is 18.2 Å². The third kappa shape index (κ3) is 10.1. The minimum Gasteiger partial charge on any atom is -0.497 e. The third-order valence-electron chi connectivity index (χ3n) is 5.97. The molecule has 2 aromatic rings. The Morgan fingerprint density at radius 3 is 1.84 bits per heavy atom. The van der Waals surface area contributed by atoms with Crippen LogP contribution in [0.5, 0.6) is 11.5 Å². The summed E-state index contributed by atoms with van der Waals surface area (Å²) < 4.78 is 22.3. The van der Waals surface area contributed by atoms with Crippen molar-refractivity contribution in [3.8, 4) is 11.5 Å². The summed E-state index contributed by atoms with van der Waals surface area (Å²) in [6.45, 7) is 11.0. The summed E-state index contributed by atoms with van der Waals surface area (Å²) in [5, 5.41) is 0. The molecule has 0 N–H and O–H groups in total. The highest BCUT2D eigenvalue weighted by Gasteiger charge is 2.35. The summed E-state index contributed by atoms with van der Waals surface area (Å²) in [7, 11) is 4.86. The molecule has 12 heteroatoms. The number of hydrogen-bond acceptors (Lipinski definition) is 7. The van der Waals surface area contributed by atoms with Crippen LogP contribution in [-0.4, -0.2) is 89.5 Å². The first-order valence-electron chi connectivity index (χ1n) is 13.9. The number of urea groups is 1. The van der Waals surface area contributed by atoms with Gasteiger partial charge in [0, 0.05) is 14.1 Å². The van der Waals surface area contributed by atoms with E-state index in [1.165, 1.54) is 14.7 Å². The zero-order valence-electron chi connectivity index (χ0n) is 26.5. The Morgan fingerprint density at radius 2 is 1.33 bits per heavy atom. The van der Waals surface area contributed by atoms with Crippen molar-refractivity contribution in [2.75, 3.05) is 34.5 Å². The number of carbonyl (C=O) groups excluding carboxylic acids is 3. The van der Waals surface area contributed by atoms with Crippen LogP contribution in [0.1, 0.15) is 52.7 Å². The molecule has 1 heterocycles. The van der Waals surface area contributed by atoms with Gasteiger partial charge in [0.2, 0.25) is 5.96 Å². The van der Waals surface area contributed by atoms with Gasteiger partial charge in [0.15, 0.2) is 0 Å². The minimum atomic E-state index is -0.871.